The van der Waals surface area contributed by atoms with Crippen LogP contribution in [0, 0.1) is 0 Å². The van der Waals surface area contributed by atoms with Gasteiger partial charge in [0.2, 0.25) is 0 Å². The SMILES string of the molecule is C=C(C)C(=O)O[Si](C)CCC. The van der Waals surface area contributed by atoms with Crippen LogP contribution in [0.4, 0.5) is 0 Å². The highest BCUT2D eigenvalue weighted by atomic mass is 28.3. The highest BCUT2D eigenvalue weighted by molar-refractivity contribution is 6.52. The van der Waals surface area contributed by atoms with Gasteiger partial charge in [0.15, 0.2) is 0 Å². The van der Waals surface area contributed by atoms with Gasteiger partial charge in [-0.25, -0.2) is 4.79 Å². The van der Waals surface area contributed by atoms with Crippen LogP contribution in [0.3, 0.4) is 0 Å². The summed E-state index contributed by atoms with van der Waals surface area (Å²) < 4.78 is 5.12. The minimum absolute atomic E-state index is 0.241. The molecular formula is C8H15O2Si. The average Bonchev–Trinajstić information content (AvgIpc) is 1.87. The van der Waals surface area contributed by atoms with E-state index in [9.17, 15) is 4.79 Å². The Hall–Kier alpha value is -0.573. The van der Waals surface area contributed by atoms with Crippen molar-refractivity contribution in [3.8, 4) is 0 Å². The topological polar surface area (TPSA) is 26.3 Å². The fourth-order valence-electron chi connectivity index (χ4n) is 0.648. The van der Waals surface area contributed by atoms with Gasteiger partial charge >= 0.3 is 5.97 Å². The molecule has 1 radical (unpaired) electrons. The second-order valence-electron chi connectivity index (χ2n) is 2.62. The van der Waals surface area contributed by atoms with Gasteiger partial charge in [-0.2, -0.15) is 0 Å². The molecule has 0 fully saturated rings. The predicted octanol–water partition coefficient (Wildman–Crippen LogP) is 2.14. The zero-order chi connectivity index (χ0) is 8.85. The van der Waals surface area contributed by atoms with Gasteiger partial charge in [0.25, 0.3) is 9.04 Å². The molecule has 0 N–H and O–H groups in total. The first-order valence-corrected chi connectivity index (χ1v) is 5.89. The lowest BCUT2D eigenvalue weighted by atomic mass is 10.4. The van der Waals surface area contributed by atoms with E-state index >= 15 is 0 Å². The standard InChI is InChI=1S/C8H15O2Si/c1-5-6-11(4)10-8(9)7(2)3/h2,5-6H2,1,3-4H3. The summed E-state index contributed by atoms with van der Waals surface area (Å²) in [5.74, 6) is -0.241. The van der Waals surface area contributed by atoms with E-state index in [1.807, 2.05) is 6.55 Å². The maximum Gasteiger partial charge on any atom is 0.319 e. The largest absolute Gasteiger partial charge is 0.515 e. The number of hydrogen-bond acceptors (Lipinski definition) is 2. The molecule has 0 heterocycles. The van der Waals surface area contributed by atoms with Crippen molar-refractivity contribution in [2.24, 2.45) is 0 Å². The van der Waals surface area contributed by atoms with Crippen molar-refractivity contribution in [1.29, 1.82) is 0 Å². The first kappa shape index (κ1) is 10.4. The van der Waals surface area contributed by atoms with E-state index in [1.165, 1.54) is 0 Å². The predicted molar refractivity (Wildman–Crippen MR) is 47.6 cm³/mol. The Labute approximate surface area is 70.0 Å². The van der Waals surface area contributed by atoms with Crippen molar-refractivity contribution in [3.05, 3.63) is 12.2 Å². The van der Waals surface area contributed by atoms with Gasteiger partial charge in [0.05, 0.1) is 0 Å². The molecule has 0 rings (SSSR count). The van der Waals surface area contributed by atoms with Crippen LogP contribution in [-0.4, -0.2) is 15.0 Å². The quantitative estimate of drug-likeness (QED) is 0.478. The summed E-state index contributed by atoms with van der Waals surface area (Å²) in [6.45, 7) is 9.26. The van der Waals surface area contributed by atoms with Crippen molar-refractivity contribution < 1.29 is 9.22 Å². The van der Waals surface area contributed by atoms with E-state index in [0.717, 1.165) is 12.5 Å². The van der Waals surface area contributed by atoms with Gasteiger partial charge in [-0.3, -0.25) is 0 Å². The molecule has 0 aromatic carbocycles. The van der Waals surface area contributed by atoms with Crippen molar-refractivity contribution in [2.75, 3.05) is 0 Å². The van der Waals surface area contributed by atoms with Crippen LogP contribution in [0.15, 0.2) is 12.2 Å². The first-order valence-electron chi connectivity index (χ1n) is 3.78. The van der Waals surface area contributed by atoms with Gasteiger partial charge < -0.3 is 4.43 Å². The van der Waals surface area contributed by atoms with Crippen LogP contribution in [0.2, 0.25) is 12.6 Å². The number of carbonyl (C=O) groups excluding carboxylic acids is 1. The van der Waals surface area contributed by atoms with E-state index in [-0.39, 0.29) is 5.97 Å². The molecule has 0 amide bonds. The Morgan fingerprint density at radius 2 is 2.18 bits per heavy atom. The molecule has 0 saturated heterocycles. The summed E-state index contributed by atoms with van der Waals surface area (Å²) in [5.41, 5.74) is 0.491. The van der Waals surface area contributed by atoms with Crippen molar-refractivity contribution in [2.45, 2.75) is 32.9 Å². The molecule has 11 heavy (non-hydrogen) atoms. The van der Waals surface area contributed by atoms with Crippen LogP contribution in [0.5, 0.6) is 0 Å². The third kappa shape index (κ3) is 4.78. The molecule has 0 unspecified atom stereocenters. The van der Waals surface area contributed by atoms with E-state index in [4.69, 9.17) is 4.43 Å². The first-order chi connectivity index (χ1) is 5.07. The zero-order valence-corrected chi connectivity index (χ0v) is 8.44. The Bertz CT molecular complexity index is 154. The summed E-state index contributed by atoms with van der Waals surface area (Å²) >= 11 is 0. The van der Waals surface area contributed by atoms with Crippen molar-refractivity contribution in [1.82, 2.24) is 0 Å². The second kappa shape index (κ2) is 5.13. The van der Waals surface area contributed by atoms with Crippen LogP contribution in [0.1, 0.15) is 20.3 Å². The molecule has 0 aliphatic rings. The molecule has 0 atom stereocenters. The lowest BCUT2D eigenvalue weighted by Gasteiger charge is -2.08. The van der Waals surface area contributed by atoms with E-state index in [0.29, 0.717) is 5.57 Å². The number of hydrogen-bond donors (Lipinski definition) is 0. The van der Waals surface area contributed by atoms with Crippen LogP contribution in [-0.2, 0) is 9.22 Å². The minimum atomic E-state index is -0.895. The third-order valence-electron chi connectivity index (χ3n) is 1.22. The van der Waals surface area contributed by atoms with Gasteiger partial charge in [-0.1, -0.05) is 19.9 Å². The molecule has 2 nitrogen and oxygen atoms in total. The molecular weight excluding hydrogens is 156 g/mol. The maximum atomic E-state index is 10.9. The molecule has 3 heteroatoms. The normalized spacial score (nSPS) is 9.82. The van der Waals surface area contributed by atoms with E-state index in [2.05, 4.69) is 13.5 Å². The number of rotatable bonds is 4. The fraction of sp³-hybridized carbons (Fsp3) is 0.625. The Morgan fingerprint density at radius 3 is 2.55 bits per heavy atom. The van der Waals surface area contributed by atoms with Crippen molar-refractivity contribution >= 4 is 15.0 Å². The summed E-state index contributed by atoms with van der Waals surface area (Å²) in [5, 5.41) is 0. The summed E-state index contributed by atoms with van der Waals surface area (Å²) in [6, 6.07) is 1.02. The Kier molecular flexibility index (Phi) is 4.86. The van der Waals surface area contributed by atoms with Crippen LogP contribution in [0.25, 0.3) is 0 Å². The zero-order valence-electron chi connectivity index (χ0n) is 7.44. The summed E-state index contributed by atoms with van der Waals surface area (Å²) in [7, 11) is -0.895. The molecule has 0 aliphatic heterocycles. The van der Waals surface area contributed by atoms with Gasteiger partial charge in [-0.05, 0) is 19.5 Å². The van der Waals surface area contributed by atoms with Crippen LogP contribution >= 0.6 is 0 Å². The Morgan fingerprint density at radius 1 is 1.64 bits per heavy atom. The fourth-order valence-corrected chi connectivity index (χ4v) is 1.95. The molecule has 0 aromatic rings. The monoisotopic (exact) mass is 171 g/mol. The Balaban J connectivity index is 3.66. The van der Waals surface area contributed by atoms with Gasteiger partial charge in [-0.15, -0.1) is 0 Å². The van der Waals surface area contributed by atoms with Crippen molar-refractivity contribution in [3.63, 3.8) is 0 Å². The third-order valence-corrected chi connectivity index (χ3v) is 2.96. The lowest BCUT2D eigenvalue weighted by Crippen LogP contribution is -2.18. The smallest absolute Gasteiger partial charge is 0.319 e. The highest BCUT2D eigenvalue weighted by Crippen LogP contribution is 2.01. The van der Waals surface area contributed by atoms with Crippen LogP contribution < -0.4 is 0 Å². The van der Waals surface area contributed by atoms with Gasteiger partial charge in [0, 0.05) is 5.57 Å². The molecule has 0 aliphatic carbocycles. The minimum Gasteiger partial charge on any atom is -0.515 e. The molecule has 0 bridgehead atoms. The highest BCUT2D eigenvalue weighted by Gasteiger charge is 2.11. The maximum absolute atomic E-state index is 10.9. The second-order valence-corrected chi connectivity index (χ2v) is 4.73. The molecule has 0 spiro atoms. The molecule has 63 valence electrons. The average molecular weight is 171 g/mol. The summed E-state index contributed by atoms with van der Waals surface area (Å²) in [6.07, 6.45) is 1.08. The lowest BCUT2D eigenvalue weighted by molar-refractivity contribution is -0.130. The molecule has 0 aromatic heterocycles. The summed E-state index contributed by atoms with van der Waals surface area (Å²) in [4.78, 5) is 10.9. The number of carbonyl (C=O) groups is 1. The van der Waals surface area contributed by atoms with Gasteiger partial charge in [0.1, 0.15) is 0 Å². The molecule has 0 saturated carbocycles. The van der Waals surface area contributed by atoms with E-state index in [1.54, 1.807) is 6.92 Å². The van der Waals surface area contributed by atoms with E-state index < -0.39 is 9.04 Å².